The molecule has 0 unspecified atom stereocenters. The Bertz CT molecular complexity index is 557. The normalized spacial score (nSPS) is 12.8. The van der Waals surface area contributed by atoms with Gasteiger partial charge in [-0.25, -0.2) is 4.68 Å². The highest BCUT2D eigenvalue weighted by Crippen LogP contribution is 2.16. The van der Waals surface area contributed by atoms with Crippen molar-refractivity contribution in [3.8, 4) is 0 Å². The topological polar surface area (TPSA) is 60.7 Å². The molecule has 0 spiro atoms. The van der Waals surface area contributed by atoms with E-state index in [1.54, 1.807) is 16.4 Å². The zero-order valence-electron chi connectivity index (χ0n) is 11.6. The molecule has 1 atom stereocenters. The number of benzene rings is 1. The molecule has 0 aliphatic rings. The standard InChI is InChI=1S/C13H18N4OS2/c1-11(2)10-17-13(14-15-16-17)19-8-9-20(18)12-6-4-3-5-7-12/h3-7,11H,8-10H2,1-2H3/t20-/m0/s1. The zero-order chi connectivity index (χ0) is 14.4. The lowest BCUT2D eigenvalue weighted by atomic mass is 10.2. The Morgan fingerprint density at radius 2 is 2.05 bits per heavy atom. The molecule has 2 aromatic rings. The van der Waals surface area contributed by atoms with E-state index in [2.05, 4.69) is 29.4 Å². The van der Waals surface area contributed by atoms with Crippen LogP contribution < -0.4 is 0 Å². The van der Waals surface area contributed by atoms with Gasteiger partial charge in [-0.3, -0.25) is 4.21 Å². The Hall–Kier alpha value is -1.21. The van der Waals surface area contributed by atoms with Gasteiger partial charge >= 0.3 is 0 Å². The van der Waals surface area contributed by atoms with Gasteiger partial charge in [0.25, 0.3) is 0 Å². The van der Waals surface area contributed by atoms with Gasteiger partial charge in [0, 0.05) is 22.9 Å². The van der Waals surface area contributed by atoms with E-state index in [0.29, 0.717) is 11.7 Å². The maximum Gasteiger partial charge on any atom is 0.209 e. The van der Waals surface area contributed by atoms with E-state index in [1.165, 1.54) is 0 Å². The fourth-order valence-electron chi connectivity index (χ4n) is 1.66. The highest BCUT2D eigenvalue weighted by molar-refractivity contribution is 8.00. The zero-order valence-corrected chi connectivity index (χ0v) is 13.2. The quantitative estimate of drug-likeness (QED) is 0.734. The summed E-state index contributed by atoms with van der Waals surface area (Å²) in [7, 11) is -0.961. The van der Waals surface area contributed by atoms with Crippen LogP contribution in [0.4, 0.5) is 0 Å². The van der Waals surface area contributed by atoms with Crippen molar-refractivity contribution in [1.29, 1.82) is 0 Å². The molecule has 1 aromatic carbocycles. The van der Waals surface area contributed by atoms with Crippen LogP contribution >= 0.6 is 11.8 Å². The predicted molar refractivity (Wildman–Crippen MR) is 81.1 cm³/mol. The van der Waals surface area contributed by atoms with Gasteiger partial charge in [-0.1, -0.05) is 43.8 Å². The maximum absolute atomic E-state index is 12.1. The van der Waals surface area contributed by atoms with Crippen LogP contribution in [0.5, 0.6) is 0 Å². The molecule has 1 aromatic heterocycles. The summed E-state index contributed by atoms with van der Waals surface area (Å²) in [6.07, 6.45) is 0. The molecule has 108 valence electrons. The van der Waals surface area contributed by atoms with E-state index in [-0.39, 0.29) is 0 Å². The molecule has 0 N–H and O–H groups in total. The molecule has 0 bridgehead atoms. The SMILES string of the molecule is CC(C)Cn1nnnc1SCC[S@](=O)c1ccccc1. The van der Waals surface area contributed by atoms with Gasteiger partial charge in [-0.15, -0.1) is 5.10 Å². The van der Waals surface area contributed by atoms with Crippen molar-refractivity contribution in [3.05, 3.63) is 30.3 Å². The Kier molecular flexibility index (Phi) is 5.72. The van der Waals surface area contributed by atoms with Crippen molar-refractivity contribution in [1.82, 2.24) is 20.2 Å². The van der Waals surface area contributed by atoms with Crippen LogP contribution in [0.15, 0.2) is 40.4 Å². The molecule has 0 radical (unpaired) electrons. The monoisotopic (exact) mass is 310 g/mol. The molecule has 1 heterocycles. The summed E-state index contributed by atoms with van der Waals surface area (Å²) >= 11 is 1.55. The van der Waals surface area contributed by atoms with E-state index in [0.717, 1.165) is 22.3 Å². The third kappa shape index (κ3) is 4.42. The fraction of sp³-hybridized carbons (Fsp3) is 0.462. The maximum atomic E-state index is 12.1. The van der Waals surface area contributed by atoms with E-state index >= 15 is 0 Å². The predicted octanol–water partition coefficient (Wildman–Crippen LogP) is 2.23. The van der Waals surface area contributed by atoms with E-state index in [1.807, 2.05) is 30.3 Å². The van der Waals surface area contributed by atoms with Crippen molar-refractivity contribution < 1.29 is 4.21 Å². The van der Waals surface area contributed by atoms with Crippen LogP contribution in [0.25, 0.3) is 0 Å². The van der Waals surface area contributed by atoms with Crippen molar-refractivity contribution in [2.24, 2.45) is 5.92 Å². The molecule has 0 aliphatic carbocycles. The van der Waals surface area contributed by atoms with Crippen LogP contribution in [0.2, 0.25) is 0 Å². The third-order valence-electron chi connectivity index (χ3n) is 2.54. The van der Waals surface area contributed by atoms with Gasteiger partial charge < -0.3 is 0 Å². The van der Waals surface area contributed by atoms with Crippen LogP contribution in [0.1, 0.15) is 13.8 Å². The highest BCUT2D eigenvalue weighted by Gasteiger charge is 2.09. The molecule has 2 rings (SSSR count). The number of tetrazole rings is 1. The molecule has 0 amide bonds. The van der Waals surface area contributed by atoms with Gasteiger partial charge in [0.2, 0.25) is 5.16 Å². The molecule has 0 saturated carbocycles. The van der Waals surface area contributed by atoms with Crippen LogP contribution in [-0.2, 0) is 17.3 Å². The lowest BCUT2D eigenvalue weighted by Crippen LogP contribution is -2.08. The lowest BCUT2D eigenvalue weighted by Gasteiger charge is -2.06. The summed E-state index contributed by atoms with van der Waals surface area (Å²) in [5, 5.41) is 12.5. The first kappa shape index (κ1) is 15.2. The van der Waals surface area contributed by atoms with Gasteiger partial charge in [-0.2, -0.15) is 0 Å². The van der Waals surface area contributed by atoms with E-state index in [4.69, 9.17) is 0 Å². The van der Waals surface area contributed by atoms with Crippen LogP contribution in [0, 0.1) is 5.92 Å². The van der Waals surface area contributed by atoms with Gasteiger partial charge in [0.05, 0.1) is 10.8 Å². The minimum absolute atomic E-state index is 0.497. The first-order chi connectivity index (χ1) is 9.66. The van der Waals surface area contributed by atoms with Gasteiger partial charge in [0.15, 0.2) is 0 Å². The molecular weight excluding hydrogens is 292 g/mol. The first-order valence-corrected chi connectivity index (χ1v) is 8.79. The van der Waals surface area contributed by atoms with Gasteiger partial charge in [-0.05, 0) is 28.5 Å². The average molecular weight is 310 g/mol. The minimum Gasteiger partial charge on any atom is -0.254 e. The Labute approximate surface area is 125 Å². The number of hydrogen-bond donors (Lipinski definition) is 0. The number of hydrogen-bond acceptors (Lipinski definition) is 5. The highest BCUT2D eigenvalue weighted by atomic mass is 32.2. The Morgan fingerprint density at radius 1 is 1.30 bits per heavy atom. The average Bonchev–Trinajstić information content (AvgIpc) is 2.86. The van der Waals surface area contributed by atoms with E-state index < -0.39 is 10.8 Å². The number of nitrogens with zero attached hydrogens (tertiary/aromatic N) is 4. The third-order valence-corrected chi connectivity index (χ3v) is 5.13. The molecule has 5 nitrogen and oxygen atoms in total. The molecular formula is C13H18N4OS2. The second-order valence-corrected chi connectivity index (χ2v) is 7.38. The van der Waals surface area contributed by atoms with Gasteiger partial charge in [0.1, 0.15) is 0 Å². The molecule has 0 aliphatic heterocycles. The number of thioether (sulfide) groups is 1. The molecule has 0 fully saturated rings. The molecule has 0 saturated heterocycles. The second kappa shape index (κ2) is 7.54. The first-order valence-electron chi connectivity index (χ1n) is 6.49. The minimum atomic E-state index is -0.961. The summed E-state index contributed by atoms with van der Waals surface area (Å²) in [5.41, 5.74) is 0. The molecule has 20 heavy (non-hydrogen) atoms. The van der Waals surface area contributed by atoms with Crippen LogP contribution in [-0.4, -0.2) is 35.9 Å². The molecule has 7 heteroatoms. The second-order valence-electron chi connectivity index (χ2n) is 4.75. The Morgan fingerprint density at radius 3 is 2.75 bits per heavy atom. The van der Waals surface area contributed by atoms with Crippen LogP contribution in [0.3, 0.4) is 0 Å². The number of rotatable bonds is 7. The van der Waals surface area contributed by atoms with E-state index in [9.17, 15) is 4.21 Å². The fourth-order valence-corrected chi connectivity index (χ4v) is 3.83. The summed E-state index contributed by atoms with van der Waals surface area (Å²) in [6.45, 7) is 5.05. The van der Waals surface area contributed by atoms with Crippen molar-refractivity contribution in [3.63, 3.8) is 0 Å². The summed E-state index contributed by atoms with van der Waals surface area (Å²) < 4.78 is 13.9. The summed E-state index contributed by atoms with van der Waals surface area (Å²) in [5.74, 6) is 1.83. The largest absolute Gasteiger partial charge is 0.254 e. The van der Waals surface area contributed by atoms with Crippen molar-refractivity contribution >= 4 is 22.6 Å². The van der Waals surface area contributed by atoms with Crippen molar-refractivity contribution in [2.45, 2.75) is 30.4 Å². The summed E-state index contributed by atoms with van der Waals surface area (Å²) in [4.78, 5) is 0.870. The Balaban J connectivity index is 1.84. The van der Waals surface area contributed by atoms with Crippen molar-refractivity contribution in [2.75, 3.05) is 11.5 Å². The number of aromatic nitrogens is 4. The summed E-state index contributed by atoms with van der Waals surface area (Å²) in [6, 6.07) is 9.52. The smallest absolute Gasteiger partial charge is 0.209 e. The lowest BCUT2D eigenvalue weighted by molar-refractivity contribution is 0.446.